The summed E-state index contributed by atoms with van der Waals surface area (Å²) in [6.45, 7) is 7.82. The van der Waals surface area contributed by atoms with Crippen LogP contribution in [0.1, 0.15) is 0 Å². The molecule has 3 nitrogen and oxygen atoms in total. The molecule has 1 aromatic carbocycles. The molecule has 0 aliphatic rings. The summed E-state index contributed by atoms with van der Waals surface area (Å²) in [5.74, 6) is 0. The number of halogens is 3. The lowest BCUT2D eigenvalue weighted by Gasteiger charge is -2.15. The Morgan fingerprint density at radius 2 is 1.91 bits per heavy atom. The van der Waals surface area contributed by atoms with Crippen LogP contribution in [0.15, 0.2) is 41.6 Å². The Labute approximate surface area is 137 Å². The largest absolute Gasteiger partial charge is 0.360 e. The molecule has 0 atom stereocenters. The zero-order valence-electron chi connectivity index (χ0n) is 13.4. The summed E-state index contributed by atoms with van der Waals surface area (Å²) in [6.07, 6.45) is 3.27. The number of nitrogens with zero attached hydrogens (tertiary/aromatic N) is 2. The molecule has 0 saturated carbocycles. The molecule has 0 aliphatic carbocycles. The lowest BCUT2D eigenvalue weighted by Crippen LogP contribution is -2.22. The van der Waals surface area contributed by atoms with E-state index < -0.39 is 24.2 Å². The third-order valence-electron chi connectivity index (χ3n) is 3.29. The van der Waals surface area contributed by atoms with Gasteiger partial charge in [-0.2, -0.15) is 5.10 Å². The fourth-order valence-electron chi connectivity index (χ4n) is 1.94. The molecular formula is C15H21F3N2OSSi. The molecular weight excluding hydrogens is 341 g/mol. The summed E-state index contributed by atoms with van der Waals surface area (Å²) in [5.41, 5.74) is 1.17. The molecule has 23 heavy (non-hydrogen) atoms. The highest BCUT2D eigenvalue weighted by Gasteiger charge is 2.24. The first-order valence-corrected chi connectivity index (χ1v) is 12.3. The van der Waals surface area contributed by atoms with Crippen LogP contribution in [0.25, 0.3) is 11.1 Å². The van der Waals surface area contributed by atoms with Gasteiger partial charge < -0.3 is 4.74 Å². The second kappa shape index (κ2) is 7.10. The van der Waals surface area contributed by atoms with Crippen LogP contribution >= 0.6 is 11.2 Å². The molecule has 0 saturated heterocycles. The van der Waals surface area contributed by atoms with E-state index in [1.54, 1.807) is 23.1 Å². The number of hydrogen-bond acceptors (Lipinski definition) is 2. The minimum Gasteiger partial charge on any atom is -0.360 e. The van der Waals surface area contributed by atoms with E-state index in [-0.39, 0.29) is 0 Å². The van der Waals surface area contributed by atoms with Crippen LogP contribution in [-0.4, -0.2) is 24.5 Å². The van der Waals surface area contributed by atoms with Crippen LogP contribution in [0.3, 0.4) is 0 Å². The van der Waals surface area contributed by atoms with Crippen molar-refractivity contribution in [3.63, 3.8) is 0 Å². The van der Waals surface area contributed by atoms with Crippen molar-refractivity contribution in [3.8, 4) is 11.1 Å². The molecule has 0 N–H and O–H groups in total. The predicted molar refractivity (Wildman–Crippen MR) is 90.9 cm³/mol. The van der Waals surface area contributed by atoms with E-state index in [4.69, 9.17) is 4.74 Å². The number of benzene rings is 1. The maximum atomic E-state index is 12.8. The van der Waals surface area contributed by atoms with Gasteiger partial charge >= 0.3 is 0 Å². The molecule has 0 unspecified atom stereocenters. The van der Waals surface area contributed by atoms with E-state index >= 15 is 0 Å². The first-order chi connectivity index (χ1) is 10.6. The van der Waals surface area contributed by atoms with Gasteiger partial charge in [-0.05, 0) is 23.7 Å². The fraction of sp³-hybridized carbons (Fsp3) is 0.400. The van der Waals surface area contributed by atoms with E-state index in [9.17, 15) is 11.7 Å². The van der Waals surface area contributed by atoms with Gasteiger partial charge in [-0.1, -0.05) is 31.8 Å². The van der Waals surface area contributed by atoms with Gasteiger partial charge in [0, 0.05) is 26.4 Å². The Kier molecular flexibility index (Phi) is 5.59. The summed E-state index contributed by atoms with van der Waals surface area (Å²) in [6, 6.07) is 6.41. The lowest BCUT2D eigenvalue weighted by molar-refractivity contribution is 0.0786. The van der Waals surface area contributed by atoms with Gasteiger partial charge in [-0.3, -0.25) is 0 Å². The SMILES string of the molecule is C[Si](C)(C)CCOCn1cc(-c2cccc(S(F)(F)F)c2)cn1. The summed E-state index contributed by atoms with van der Waals surface area (Å²) in [5, 5.41) is 4.15. The van der Waals surface area contributed by atoms with Crippen molar-refractivity contribution in [1.29, 1.82) is 0 Å². The van der Waals surface area contributed by atoms with E-state index in [0.717, 1.165) is 12.1 Å². The highest BCUT2D eigenvalue weighted by atomic mass is 32.3. The van der Waals surface area contributed by atoms with E-state index in [1.807, 2.05) is 0 Å². The zero-order valence-corrected chi connectivity index (χ0v) is 15.2. The maximum Gasteiger partial charge on any atom is 0.237 e. The molecule has 2 aromatic rings. The molecule has 0 amide bonds. The van der Waals surface area contributed by atoms with Gasteiger partial charge in [0.2, 0.25) is 11.2 Å². The van der Waals surface area contributed by atoms with E-state index in [1.165, 1.54) is 12.1 Å². The fourth-order valence-corrected chi connectivity index (χ4v) is 3.19. The van der Waals surface area contributed by atoms with Crippen molar-refractivity contribution >= 4 is 19.3 Å². The second-order valence-corrected chi connectivity index (χ2v) is 13.5. The summed E-state index contributed by atoms with van der Waals surface area (Å²) < 4.78 is 45.7. The van der Waals surface area contributed by atoms with Gasteiger partial charge in [-0.15, -0.1) is 11.7 Å². The molecule has 128 valence electrons. The van der Waals surface area contributed by atoms with Crippen LogP contribution in [0, 0.1) is 0 Å². The highest BCUT2D eigenvalue weighted by Crippen LogP contribution is 2.60. The van der Waals surface area contributed by atoms with Crippen molar-refractivity contribution in [3.05, 3.63) is 36.7 Å². The molecule has 8 heteroatoms. The maximum absolute atomic E-state index is 12.8. The van der Waals surface area contributed by atoms with Crippen molar-refractivity contribution in [2.24, 2.45) is 0 Å². The van der Waals surface area contributed by atoms with Crippen LogP contribution in [0.2, 0.25) is 25.7 Å². The normalized spacial score (nSPS) is 13.3. The van der Waals surface area contributed by atoms with Gasteiger partial charge in [0.05, 0.1) is 11.1 Å². The van der Waals surface area contributed by atoms with Gasteiger partial charge in [0.25, 0.3) is 0 Å². The van der Waals surface area contributed by atoms with Crippen LogP contribution in [0.4, 0.5) is 11.7 Å². The van der Waals surface area contributed by atoms with Crippen molar-refractivity contribution in [2.75, 3.05) is 6.61 Å². The standard InChI is InChI=1S/C15H21F3N2OSSi/c1-23(2,3)8-7-21-12-20-11-14(10-19-20)13-5-4-6-15(9-13)22(16,17)18/h4-6,9-11H,7-8,12H2,1-3H3. The van der Waals surface area contributed by atoms with Crippen molar-refractivity contribution < 1.29 is 16.4 Å². The van der Waals surface area contributed by atoms with Crippen LogP contribution in [0.5, 0.6) is 0 Å². The first-order valence-electron chi connectivity index (χ1n) is 7.28. The lowest BCUT2D eigenvalue weighted by atomic mass is 10.1. The number of rotatable bonds is 7. The summed E-state index contributed by atoms with van der Waals surface area (Å²) in [7, 11) is -1.13. The number of hydrogen-bond donors (Lipinski definition) is 0. The van der Waals surface area contributed by atoms with E-state index in [0.29, 0.717) is 24.5 Å². The van der Waals surface area contributed by atoms with Gasteiger partial charge in [-0.25, -0.2) is 4.68 Å². The smallest absolute Gasteiger partial charge is 0.237 e. The van der Waals surface area contributed by atoms with E-state index in [2.05, 4.69) is 24.7 Å². The Hall–Kier alpha value is -1.25. The molecule has 0 spiro atoms. The average molecular weight is 362 g/mol. The minimum absolute atomic E-state index is 0.314. The molecule has 1 heterocycles. The molecule has 0 aliphatic heterocycles. The van der Waals surface area contributed by atoms with Crippen molar-refractivity contribution in [1.82, 2.24) is 9.78 Å². The quantitative estimate of drug-likeness (QED) is 0.468. The zero-order chi connectivity index (χ0) is 17.1. The Morgan fingerprint density at radius 3 is 2.57 bits per heavy atom. The molecule has 0 bridgehead atoms. The third kappa shape index (κ3) is 5.71. The average Bonchev–Trinajstić information content (AvgIpc) is 2.91. The first kappa shape index (κ1) is 18.1. The highest BCUT2D eigenvalue weighted by molar-refractivity contribution is 8.20. The minimum atomic E-state index is -5.21. The molecule has 1 aromatic heterocycles. The number of ether oxygens (including phenoxy) is 1. The predicted octanol–water partition coefficient (Wildman–Crippen LogP) is 5.68. The monoisotopic (exact) mass is 362 g/mol. The van der Waals surface area contributed by atoms with Crippen LogP contribution < -0.4 is 0 Å². The molecule has 0 fully saturated rings. The third-order valence-corrected chi connectivity index (χ3v) is 5.78. The number of aromatic nitrogens is 2. The topological polar surface area (TPSA) is 27.1 Å². The Balaban J connectivity index is 1.99. The van der Waals surface area contributed by atoms with Gasteiger partial charge in [0.15, 0.2) is 0 Å². The molecule has 0 radical (unpaired) electrons. The Bertz CT molecular complexity index is 653. The summed E-state index contributed by atoms with van der Waals surface area (Å²) >= 11 is -5.21. The second-order valence-electron chi connectivity index (χ2n) is 6.55. The van der Waals surface area contributed by atoms with Crippen molar-refractivity contribution in [2.45, 2.75) is 37.3 Å². The van der Waals surface area contributed by atoms with Crippen LogP contribution in [-0.2, 0) is 11.5 Å². The Morgan fingerprint density at radius 1 is 1.17 bits per heavy atom. The summed E-state index contributed by atoms with van der Waals surface area (Å²) in [4.78, 5) is -0.575. The molecule has 2 rings (SSSR count). The van der Waals surface area contributed by atoms with Gasteiger partial charge in [0.1, 0.15) is 6.73 Å².